The van der Waals surface area contributed by atoms with E-state index in [1.54, 1.807) is 6.07 Å². The number of aliphatic hydroxyl groups excluding tert-OH is 3. The van der Waals surface area contributed by atoms with E-state index in [2.05, 4.69) is 11.4 Å². The van der Waals surface area contributed by atoms with Gasteiger partial charge >= 0.3 is 0 Å². The van der Waals surface area contributed by atoms with Crippen molar-refractivity contribution in [3.63, 3.8) is 0 Å². The molecule has 0 saturated heterocycles. The average Bonchev–Trinajstić information content (AvgIpc) is 3.31. The van der Waals surface area contributed by atoms with E-state index in [1.807, 2.05) is 43.3 Å². The van der Waals surface area contributed by atoms with Crippen LogP contribution in [0, 0.1) is 5.82 Å². The highest BCUT2D eigenvalue weighted by molar-refractivity contribution is 6.31. The van der Waals surface area contributed by atoms with Crippen LogP contribution in [0.25, 0.3) is 11.1 Å². The first-order valence-corrected chi connectivity index (χ1v) is 12.7. The third-order valence-electron chi connectivity index (χ3n) is 7.12. The van der Waals surface area contributed by atoms with Gasteiger partial charge in [0.2, 0.25) is 0 Å². The standard InChI is InChI=1S/C29H33ClFNO4/c1-2-36-28-14-20(26(30)13-21(28)15-32-29(16-33,17-34)18-35)12-19-10-11-24-22(19)7-5-8-23(24)25-6-3-4-9-27(25)31/h3-9,13-14,19,32-35H,2,10-12,15-18H2,1H3/t19-/m1/s1. The summed E-state index contributed by atoms with van der Waals surface area (Å²) in [7, 11) is 0. The minimum Gasteiger partial charge on any atom is -0.494 e. The van der Waals surface area contributed by atoms with Gasteiger partial charge in [0.25, 0.3) is 0 Å². The zero-order valence-corrected chi connectivity index (χ0v) is 21.2. The molecule has 0 spiro atoms. The summed E-state index contributed by atoms with van der Waals surface area (Å²) in [5, 5.41) is 32.5. The fraction of sp³-hybridized carbons (Fsp3) is 0.379. The lowest BCUT2D eigenvalue weighted by Gasteiger charge is -2.29. The van der Waals surface area contributed by atoms with Crippen molar-refractivity contribution in [1.82, 2.24) is 5.32 Å². The molecule has 0 aromatic heterocycles. The van der Waals surface area contributed by atoms with Gasteiger partial charge in [-0.25, -0.2) is 4.39 Å². The second-order valence-corrected chi connectivity index (χ2v) is 9.79. The Kier molecular flexibility index (Phi) is 8.65. The maximum Gasteiger partial charge on any atom is 0.131 e. The van der Waals surface area contributed by atoms with Crippen LogP contribution in [0.3, 0.4) is 0 Å². The molecule has 0 unspecified atom stereocenters. The minimum atomic E-state index is -1.20. The Labute approximate surface area is 216 Å². The topological polar surface area (TPSA) is 82.0 Å². The Bertz CT molecular complexity index is 1190. The van der Waals surface area contributed by atoms with E-state index in [0.29, 0.717) is 22.9 Å². The molecular weight excluding hydrogens is 481 g/mol. The second kappa shape index (κ2) is 11.7. The van der Waals surface area contributed by atoms with Crippen molar-refractivity contribution < 1.29 is 24.4 Å². The molecule has 5 nitrogen and oxygen atoms in total. The minimum absolute atomic E-state index is 0.212. The molecule has 0 fully saturated rings. The van der Waals surface area contributed by atoms with E-state index in [4.69, 9.17) is 16.3 Å². The molecule has 0 radical (unpaired) electrons. The van der Waals surface area contributed by atoms with E-state index in [0.717, 1.165) is 36.0 Å². The molecule has 3 aromatic rings. The summed E-state index contributed by atoms with van der Waals surface area (Å²) in [6.45, 7) is 1.40. The molecule has 1 aliphatic carbocycles. The van der Waals surface area contributed by atoms with E-state index in [1.165, 1.54) is 17.2 Å². The molecule has 0 aliphatic heterocycles. The zero-order valence-electron chi connectivity index (χ0n) is 20.4. The normalized spacial score (nSPS) is 15.2. The molecule has 0 amide bonds. The van der Waals surface area contributed by atoms with Gasteiger partial charge in [-0.15, -0.1) is 0 Å². The van der Waals surface area contributed by atoms with E-state index in [9.17, 15) is 19.7 Å². The van der Waals surface area contributed by atoms with Crippen LogP contribution in [-0.2, 0) is 19.4 Å². The number of hydrogen-bond acceptors (Lipinski definition) is 5. The molecule has 0 bridgehead atoms. The summed E-state index contributed by atoms with van der Waals surface area (Å²) in [5.74, 6) is 0.717. The third-order valence-corrected chi connectivity index (χ3v) is 7.47. The van der Waals surface area contributed by atoms with Gasteiger partial charge in [0.1, 0.15) is 11.6 Å². The van der Waals surface area contributed by atoms with Gasteiger partial charge in [-0.05, 0) is 72.6 Å². The van der Waals surface area contributed by atoms with Crippen LogP contribution in [0.2, 0.25) is 5.02 Å². The Hall–Kier alpha value is -2.48. The van der Waals surface area contributed by atoms with Crippen molar-refractivity contribution in [2.45, 2.75) is 44.2 Å². The summed E-state index contributed by atoms with van der Waals surface area (Å²) in [5.41, 5.74) is 4.56. The van der Waals surface area contributed by atoms with E-state index >= 15 is 0 Å². The van der Waals surface area contributed by atoms with Crippen LogP contribution in [0.1, 0.15) is 41.5 Å². The first-order chi connectivity index (χ1) is 17.4. The largest absolute Gasteiger partial charge is 0.494 e. The number of aliphatic hydroxyl groups is 3. The lowest BCUT2D eigenvalue weighted by atomic mass is 9.90. The summed E-state index contributed by atoms with van der Waals surface area (Å²) in [4.78, 5) is 0. The Morgan fingerprint density at radius 3 is 2.42 bits per heavy atom. The first kappa shape index (κ1) is 26.6. The second-order valence-electron chi connectivity index (χ2n) is 9.39. The summed E-state index contributed by atoms with van der Waals surface area (Å²) in [6, 6.07) is 16.8. The maximum absolute atomic E-state index is 14.5. The smallest absolute Gasteiger partial charge is 0.131 e. The highest BCUT2D eigenvalue weighted by atomic mass is 35.5. The summed E-state index contributed by atoms with van der Waals surface area (Å²) >= 11 is 6.73. The van der Waals surface area contributed by atoms with E-state index in [-0.39, 0.29) is 18.3 Å². The lowest BCUT2D eigenvalue weighted by molar-refractivity contribution is 0.0412. The van der Waals surface area contributed by atoms with Crippen molar-refractivity contribution >= 4 is 11.6 Å². The number of halogens is 2. The Balaban J connectivity index is 1.59. The fourth-order valence-electron chi connectivity index (χ4n) is 4.97. The number of ether oxygens (including phenoxy) is 1. The monoisotopic (exact) mass is 513 g/mol. The number of nitrogens with one attached hydrogen (secondary N) is 1. The first-order valence-electron chi connectivity index (χ1n) is 12.3. The number of rotatable bonds is 11. The Morgan fingerprint density at radius 2 is 1.72 bits per heavy atom. The van der Waals surface area contributed by atoms with Crippen LogP contribution in [0.4, 0.5) is 4.39 Å². The molecule has 3 aromatic carbocycles. The molecule has 4 rings (SSSR count). The quantitative estimate of drug-likeness (QED) is 0.301. The molecule has 36 heavy (non-hydrogen) atoms. The third kappa shape index (κ3) is 5.43. The van der Waals surface area contributed by atoms with Gasteiger partial charge in [0, 0.05) is 22.7 Å². The van der Waals surface area contributed by atoms with Gasteiger partial charge in [-0.2, -0.15) is 0 Å². The molecule has 0 saturated carbocycles. The molecular formula is C29H33ClFNO4. The highest BCUT2D eigenvalue weighted by Gasteiger charge is 2.29. The molecule has 1 atom stereocenters. The average molecular weight is 514 g/mol. The van der Waals surface area contributed by atoms with Crippen molar-refractivity contribution in [2.24, 2.45) is 0 Å². The SMILES string of the molecule is CCOc1cc(C[C@H]2CCc3c(-c4ccccc4F)cccc32)c(Cl)cc1CNC(CO)(CO)CO. The van der Waals surface area contributed by atoms with Crippen molar-refractivity contribution in [2.75, 3.05) is 26.4 Å². The summed E-state index contributed by atoms with van der Waals surface area (Å²) < 4.78 is 20.4. The Morgan fingerprint density at radius 1 is 1.00 bits per heavy atom. The van der Waals surface area contributed by atoms with Gasteiger partial charge < -0.3 is 25.4 Å². The highest BCUT2D eigenvalue weighted by Crippen LogP contribution is 2.42. The van der Waals surface area contributed by atoms with Crippen LogP contribution in [0.15, 0.2) is 54.6 Å². The number of hydrogen-bond donors (Lipinski definition) is 4. The predicted molar refractivity (Wildman–Crippen MR) is 140 cm³/mol. The van der Waals surface area contributed by atoms with E-state index < -0.39 is 25.4 Å². The zero-order chi connectivity index (χ0) is 25.7. The fourth-order valence-corrected chi connectivity index (χ4v) is 5.23. The molecule has 192 valence electrons. The van der Waals surface area contributed by atoms with Gasteiger partial charge in [0.15, 0.2) is 0 Å². The number of fused-ring (bicyclic) bond motifs is 1. The molecule has 0 heterocycles. The predicted octanol–water partition coefficient (Wildman–Crippen LogP) is 4.62. The molecule has 1 aliphatic rings. The van der Waals surface area contributed by atoms with Gasteiger partial charge in [0.05, 0.1) is 32.0 Å². The van der Waals surface area contributed by atoms with Crippen LogP contribution in [0.5, 0.6) is 5.75 Å². The van der Waals surface area contributed by atoms with Crippen LogP contribution in [-0.4, -0.2) is 47.3 Å². The van der Waals surface area contributed by atoms with Gasteiger partial charge in [-0.1, -0.05) is 48.0 Å². The maximum atomic E-state index is 14.5. The van der Waals surface area contributed by atoms with Crippen LogP contribution >= 0.6 is 11.6 Å². The van der Waals surface area contributed by atoms with Gasteiger partial charge in [-0.3, -0.25) is 0 Å². The van der Waals surface area contributed by atoms with Crippen LogP contribution < -0.4 is 10.1 Å². The van der Waals surface area contributed by atoms with Crippen molar-refractivity contribution in [1.29, 1.82) is 0 Å². The molecule has 7 heteroatoms. The van der Waals surface area contributed by atoms with Crippen molar-refractivity contribution in [3.8, 4) is 16.9 Å². The van der Waals surface area contributed by atoms with Crippen molar-refractivity contribution in [3.05, 3.63) is 87.7 Å². The summed E-state index contributed by atoms with van der Waals surface area (Å²) in [6.07, 6.45) is 2.57. The molecule has 4 N–H and O–H groups in total. The number of benzene rings is 3. The lowest BCUT2D eigenvalue weighted by Crippen LogP contribution is -2.54.